The van der Waals surface area contributed by atoms with Crippen molar-refractivity contribution in [3.63, 3.8) is 0 Å². The first kappa shape index (κ1) is 13.5. The third-order valence-electron chi connectivity index (χ3n) is 3.02. The number of rotatable bonds is 4. The molecule has 1 N–H and O–H groups in total. The second kappa shape index (κ2) is 6.33. The van der Waals surface area contributed by atoms with Gasteiger partial charge in [0, 0.05) is 10.4 Å². The number of thiazole rings is 1. The summed E-state index contributed by atoms with van der Waals surface area (Å²) in [5.74, 6) is 0. The molecule has 0 unspecified atom stereocenters. The van der Waals surface area contributed by atoms with E-state index in [0.717, 1.165) is 22.0 Å². The first-order chi connectivity index (χ1) is 10.3. The molecule has 0 aliphatic carbocycles. The zero-order valence-electron chi connectivity index (χ0n) is 11.7. The largest absolute Gasteiger partial charge is 0.253 e. The minimum Gasteiger partial charge on any atom is -0.253 e. The van der Waals surface area contributed by atoms with Crippen LogP contribution in [0.1, 0.15) is 10.4 Å². The third kappa shape index (κ3) is 3.35. The van der Waals surface area contributed by atoms with Crippen molar-refractivity contribution in [1.82, 2.24) is 4.98 Å². The van der Waals surface area contributed by atoms with Crippen LogP contribution in [-0.4, -0.2) is 11.2 Å². The smallest absolute Gasteiger partial charge is 0.204 e. The quantitative estimate of drug-likeness (QED) is 0.565. The molecule has 0 aliphatic rings. The van der Waals surface area contributed by atoms with Gasteiger partial charge in [0.25, 0.3) is 0 Å². The van der Waals surface area contributed by atoms with E-state index in [1.54, 1.807) is 17.6 Å². The van der Waals surface area contributed by atoms with Gasteiger partial charge in [-0.3, -0.25) is 5.43 Å². The van der Waals surface area contributed by atoms with Gasteiger partial charge in [-0.15, -0.1) is 11.3 Å². The van der Waals surface area contributed by atoms with Gasteiger partial charge in [-0.05, 0) is 12.5 Å². The van der Waals surface area contributed by atoms with Gasteiger partial charge in [0.15, 0.2) is 0 Å². The first-order valence-electron chi connectivity index (χ1n) is 6.70. The van der Waals surface area contributed by atoms with E-state index in [1.165, 1.54) is 4.88 Å². The highest BCUT2D eigenvalue weighted by atomic mass is 32.1. The van der Waals surface area contributed by atoms with Crippen LogP contribution in [0.5, 0.6) is 0 Å². The number of hydrogen-bond donors (Lipinski definition) is 1. The Kier molecular flexibility index (Phi) is 4.07. The molecule has 0 atom stereocenters. The fourth-order valence-electron chi connectivity index (χ4n) is 2.01. The molecule has 0 bridgehead atoms. The van der Waals surface area contributed by atoms with Gasteiger partial charge in [-0.25, -0.2) is 4.98 Å². The van der Waals surface area contributed by atoms with Crippen LogP contribution in [0, 0.1) is 6.92 Å². The second-order valence-electron chi connectivity index (χ2n) is 4.57. The van der Waals surface area contributed by atoms with Gasteiger partial charge < -0.3 is 0 Å². The Morgan fingerprint density at radius 1 is 1.00 bits per heavy atom. The predicted octanol–water partition coefficient (Wildman–Crippen LogP) is 4.56. The van der Waals surface area contributed by atoms with Crippen molar-refractivity contribution in [2.75, 3.05) is 5.43 Å². The molecule has 3 rings (SSSR count). The SMILES string of the molecule is Cc1sc(NN=Cc2ccccc2)nc1-c1ccccc1. The number of aromatic nitrogens is 1. The molecule has 4 heteroatoms. The fourth-order valence-corrected chi connectivity index (χ4v) is 2.79. The molecule has 21 heavy (non-hydrogen) atoms. The van der Waals surface area contributed by atoms with Crippen molar-refractivity contribution in [1.29, 1.82) is 0 Å². The maximum absolute atomic E-state index is 4.60. The molecule has 0 amide bonds. The number of nitrogens with zero attached hydrogens (tertiary/aromatic N) is 2. The molecule has 0 radical (unpaired) electrons. The van der Waals surface area contributed by atoms with Crippen LogP contribution in [0.15, 0.2) is 65.8 Å². The standard InChI is InChI=1S/C17H15N3S/c1-13-16(15-10-6-3-7-11-15)19-17(21-13)20-18-12-14-8-4-2-5-9-14/h2-12H,1H3,(H,19,20). The van der Waals surface area contributed by atoms with Crippen LogP contribution < -0.4 is 5.43 Å². The van der Waals surface area contributed by atoms with Gasteiger partial charge in [0.05, 0.1) is 11.9 Å². The van der Waals surface area contributed by atoms with E-state index >= 15 is 0 Å². The van der Waals surface area contributed by atoms with Crippen LogP contribution in [0.25, 0.3) is 11.3 Å². The molecular weight excluding hydrogens is 278 g/mol. The van der Waals surface area contributed by atoms with E-state index in [0.29, 0.717) is 0 Å². The minimum absolute atomic E-state index is 0.804. The molecule has 0 aliphatic heterocycles. The van der Waals surface area contributed by atoms with Gasteiger partial charge in [-0.2, -0.15) is 5.10 Å². The molecule has 0 saturated heterocycles. The van der Waals surface area contributed by atoms with Crippen molar-refractivity contribution in [3.05, 3.63) is 71.1 Å². The van der Waals surface area contributed by atoms with Crippen LogP contribution in [0.3, 0.4) is 0 Å². The lowest BCUT2D eigenvalue weighted by atomic mass is 10.1. The van der Waals surface area contributed by atoms with E-state index in [9.17, 15) is 0 Å². The minimum atomic E-state index is 0.804. The Labute approximate surface area is 128 Å². The first-order valence-corrected chi connectivity index (χ1v) is 7.51. The van der Waals surface area contributed by atoms with E-state index < -0.39 is 0 Å². The number of aryl methyl sites for hydroxylation is 1. The summed E-state index contributed by atoms with van der Waals surface area (Å²) < 4.78 is 0. The zero-order valence-corrected chi connectivity index (χ0v) is 12.5. The summed E-state index contributed by atoms with van der Waals surface area (Å²) in [7, 11) is 0. The van der Waals surface area contributed by atoms with E-state index in [2.05, 4.69) is 34.6 Å². The molecule has 2 aromatic carbocycles. The lowest BCUT2D eigenvalue weighted by molar-refractivity contribution is 1.28. The van der Waals surface area contributed by atoms with Crippen LogP contribution in [-0.2, 0) is 0 Å². The lowest BCUT2D eigenvalue weighted by Crippen LogP contribution is -1.89. The zero-order chi connectivity index (χ0) is 14.5. The van der Waals surface area contributed by atoms with Crippen molar-refractivity contribution in [3.8, 4) is 11.3 Å². The average molecular weight is 293 g/mol. The highest BCUT2D eigenvalue weighted by molar-refractivity contribution is 7.15. The predicted molar refractivity (Wildman–Crippen MR) is 89.9 cm³/mol. The van der Waals surface area contributed by atoms with Crippen LogP contribution >= 0.6 is 11.3 Å². The summed E-state index contributed by atoms with van der Waals surface area (Å²) in [5.41, 5.74) is 6.20. The fraction of sp³-hybridized carbons (Fsp3) is 0.0588. The molecular formula is C17H15N3S. The summed E-state index contributed by atoms with van der Waals surface area (Å²) in [4.78, 5) is 5.78. The number of anilines is 1. The summed E-state index contributed by atoms with van der Waals surface area (Å²) in [6.07, 6.45) is 1.79. The molecule has 0 fully saturated rings. The lowest BCUT2D eigenvalue weighted by Gasteiger charge is -1.96. The Morgan fingerprint density at radius 3 is 2.38 bits per heavy atom. The molecule has 1 aromatic heterocycles. The van der Waals surface area contributed by atoms with Gasteiger partial charge in [0.2, 0.25) is 5.13 Å². The average Bonchev–Trinajstić information content (AvgIpc) is 2.90. The summed E-state index contributed by atoms with van der Waals surface area (Å²) >= 11 is 1.61. The van der Waals surface area contributed by atoms with E-state index in [1.807, 2.05) is 48.5 Å². The van der Waals surface area contributed by atoms with Crippen LogP contribution in [0.4, 0.5) is 5.13 Å². The number of nitrogens with one attached hydrogen (secondary N) is 1. The number of benzene rings is 2. The number of hydrazone groups is 1. The Bertz CT molecular complexity index is 733. The molecule has 3 nitrogen and oxygen atoms in total. The Balaban J connectivity index is 1.75. The highest BCUT2D eigenvalue weighted by Crippen LogP contribution is 2.30. The Morgan fingerprint density at radius 2 is 1.67 bits per heavy atom. The van der Waals surface area contributed by atoms with Gasteiger partial charge in [-0.1, -0.05) is 60.7 Å². The van der Waals surface area contributed by atoms with E-state index in [4.69, 9.17) is 0 Å². The van der Waals surface area contributed by atoms with Crippen molar-refractivity contribution >= 4 is 22.7 Å². The van der Waals surface area contributed by atoms with Gasteiger partial charge >= 0.3 is 0 Å². The molecule has 104 valence electrons. The maximum Gasteiger partial charge on any atom is 0.204 e. The normalized spacial score (nSPS) is 10.9. The third-order valence-corrected chi connectivity index (χ3v) is 3.89. The van der Waals surface area contributed by atoms with Crippen molar-refractivity contribution in [2.24, 2.45) is 5.10 Å². The molecule has 0 saturated carbocycles. The Hall–Kier alpha value is -2.46. The summed E-state index contributed by atoms with van der Waals surface area (Å²) in [6.45, 7) is 2.08. The van der Waals surface area contributed by atoms with Crippen molar-refractivity contribution in [2.45, 2.75) is 6.92 Å². The van der Waals surface area contributed by atoms with Crippen molar-refractivity contribution < 1.29 is 0 Å². The highest BCUT2D eigenvalue weighted by Gasteiger charge is 2.08. The number of hydrogen-bond acceptors (Lipinski definition) is 4. The monoisotopic (exact) mass is 293 g/mol. The molecule has 0 spiro atoms. The summed E-state index contributed by atoms with van der Waals surface area (Å²) in [6, 6.07) is 20.2. The van der Waals surface area contributed by atoms with Crippen LogP contribution in [0.2, 0.25) is 0 Å². The summed E-state index contributed by atoms with van der Waals surface area (Å²) in [5, 5.41) is 5.04. The maximum atomic E-state index is 4.60. The van der Waals surface area contributed by atoms with Gasteiger partial charge in [0.1, 0.15) is 0 Å². The topological polar surface area (TPSA) is 37.3 Å². The molecule has 3 aromatic rings. The molecule has 1 heterocycles. The van der Waals surface area contributed by atoms with E-state index in [-0.39, 0.29) is 0 Å². The second-order valence-corrected chi connectivity index (χ2v) is 5.77.